The van der Waals surface area contributed by atoms with Gasteiger partial charge in [0.25, 0.3) is 0 Å². The maximum Gasteiger partial charge on any atom is 0.0636 e. The molecule has 0 radical (unpaired) electrons. The molecule has 2 N–H and O–H groups in total. The molecule has 0 bridgehead atoms. The van der Waals surface area contributed by atoms with Crippen LogP contribution in [0.4, 0.5) is 0 Å². The predicted molar refractivity (Wildman–Crippen MR) is 62.3 cm³/mol. The summed E-state index contributed by atoms with van der Waals surface area (Å²) in [4.78, 5) is 1.10. The Hall–Kier alpha value is -1.29. The molecule has 0 heterocycles. The molecule has 2 rings (SSSR count). The number of benzene rings is 2. The van der Waals surface area contributed by atoms with Crippen LogP contribution in [-0.2, 0) is 0 Å². The van der Waals surface area contributed by atoms with Crippen molar-refractivity contribution in [1.29, 1.82) is 0 Å². The predicted octanol–water partition coefficient (Wildman–Crippen LogP) is 3.86. The van der Waals surface area contributed by atoms with Crippen molar-refractivity contribution in [3.8, 4) is 0 Å². The van der Waals surface area contributed by atoms with Crippen molar-refractivity contribution in [3.63, 3.8) is 0 Å². The Kier molecular flexibility index (Phi) is 2.77. The van der Waals surface area contributed by atoms with E-state index in [1.54, 1.807) is 48.5 Å². The molecule has 0 unspecified atom stereocenters. The molecule has 0 amide bonds. The van der Waals surface area contributed by atoms with Crippen molar-refractivity contribution >= 4 is 10.6 Å². The number of hydrogen-bond acceptors (Lipinski definition) is 2. The molecule has 0 aliphatic heterocycles. The van der Waals surface area contributed by atoms with Crippen LogP contribution in [0.2, 0.25) is 0 Å². The van der Waals surface area contributed by atoms with Gasteiger partial charge < -0.3 is 0 Å². The second-order valence-electron chi connectivity index (χ2n) is 3.17. The lowest BCUT2D eigenvalue weighted by molar-refractivity contribution is 0.487. The van der Waals surface area contributed by atoms with Crippen LogP contribution < -0.4 is 0 Å². The van der Waals surface area contributed by atoms with Gasteiger partial charge in [0, 0.05) is 0 Å². The highest BCUT2D eigenvalue weighted by molar-refractivity contribution is 8.24. The fourth-order valence-electron chi connectivity index (χ4n) is 1.36. The summed E-state index contributed by atoms with van der Waals surface area (Å²) >= 11 is 0. The van der Waals surface area contributed by atoms with Crippen LogP contribution in [0.15, 0.2) is 70.5 Å². The number of rotatable bonds is 2. The summed E-state index contributed by atoms with van der Waals surface area (Å²) in [5, 5.41) is 0. The zero-order valence-corrected chi connectivity index (χ0v) is 8.89. The first-order valence-corrected chi connectivity index (χ1v) is 6.14. The summed E-state index contributed by atoms with van der Waals surface area (Å²) in [7, 11) is -2.84. The standard InChI is InChI=1S/C12H12O2S/c13-15(14,11-7-3-1-4-8-11)12-9-5-2-6-10-12/h1-10,13-14H. The first-order chi connectivity index (χ1) is 7.21. The van der Waals surface area contributed by atoms with Crippen LogP contribution in [0.5, 0.6) is 0 Å². The van der Waals surface area contributed by atoms with E-state index in [1.807, 2.05) is 12.1 Å². The van der Waals surface area contributed by atoms with Crippen molar-refractivity contribution < 1.29 is 9.11 Å². The van der Waals surface area contributed by atoms with E-state index in [0.717, 1.165) is 0 Å². The smallest absolute Gasteiger partial charge is 0.0636 e. The van der Waals surface area contributed by atoms with Gasteiger partial charge in [-0.2, -0.15) is 0 Å². The van der Waals surface area contributed by atoms with Crippen molar-refractivity contribution in [2.24, 2.45) is 0 Å². The Morgan fingerprint density at radius 3 is 1.27 bits per heavy atom. The largest absolute Gasteiger partial charge is 0.290 e. The van der Waals surface area contributed by atoms with Crippen molar-refractivity contribution in [2.45, 2.75) is 9.79 Å². The highest BCUT2D eigenvalue weighted by Crippen LogP contribution is 2.55. The Bertz CT molecular complexity index is 384. The van der Waals surface area contributed by atoms with E-state index in [-0.39, 0.29) is 0 Å². The SMILES string of the molecule is OS(O)(c1ccccc1)c1ccccc1. The molecule has 2 aromatic rings. The molecule has 0 fully saturated rings. The summed E-state index contributed by atoms with van der Waals surface area (Å²) in [5.74, 6) is 0. The third-order valence-electron chi connectivity index (χ3n) is 2.14. The molecule has 0 saturated heterocycles. The third-order valence-corrected chi connectivity index (χ3v) is 4.00. The van der Waals surface area contributed by atoms with Crippen LogP contribution in [0.25, 0.3) is 0 Å². The topological polar surface area (TPSA) is 40.5 Å². The summed E-state index contributed by atoms with van der Waals surface area (Å²) in [6.07, 6.45) is 0. The van der Waals surface area contributed by atoms with Crippen LogP contribution in [0.3, 0.4) is 0 Å². The minimum atomic E-state index is -2.84. The lowest BCUT2D eigenvalue weighted by Crippen LogP contribution is -1.98. The van der Waals surface area contributed by atoms with Gasteiger partial charge in [-0.25, -0.2) is 0 Å². The van der Waals surface area contributed by atoms with E-state index in [0.29, 0.717) is 9.79 Å². The van der Waals surface area contributed by atoms with Gasteiger partial charge >= 0.3 is 0 Å². The van der Waals surface area contributed by atoms with E-state index >= 15 is 0 Å². The van der Waals surface area contributed by atoms with Crippen LogP contribution >= 0.6 is 10.6 Å². The molecule has 78 valence electrons. The minimum absolute atomic E-state index is 0.552. The molecule has 2 aromatic carbocycles. The minimum Gasteiger partial charge on any atom is -0.290 e. The van der Waals surface area contributed by atoms with E-state index in [4.69, 9.17) is 0 Å². The Morgan fingerprint density at radius 1 is 0.600 bits per heavy atom. The molecule has 15 heavy (non-hydrogen) atoms. The first-order valence-electron chi connectivity index (χ1n) is 4.59. The second kappa shape index (κ2) is 4.06. The molecular formula is C12H12O2S. The van der Waals surface area contributed by atoms with Gasteiger partial charge in [0.2, 0.25) is 0 Å². The first kappa shape index (κ1) is 10.2. The van der Waals surface area contributed by atoms with Crippen LogP contribution in [0.1, 0.15) is 0 Å². The summed E-state index contributed by atoms with van der Waals surface area (Å²) in [6, 6.07) is 17.8. The van der Waals surface area contributed by atoms with Crippen molar-refractivity contribution in [1.82, 2.24) is 0 Å². The van der Waals surface area contributed by atoms with Gasteiger partial charge in [0.05, 0.1) is 9.79 Å². The van der Waals surface area contributed by atoms with E-state index in [9.17, 15) is 9.11 Å². The highest BCUT2D eigenvalue weighted by atomic mass is 32.3. The summed E-state index contributed by atoms with van der Waals surface area (Å²) in [6.45, 7) is 0. The average Bonchev–Trinajstić information content (AvgIpc) is 2.31. The molecule has 0 atom stereocenters. The zero-order valence-electron chi connectivity index (χ0n) is 8.08. The van der Waals surface area contributed by atoms with E-state index in [2.05, 4.69) is 0 Å². The normalized spacial score (nSPS) is 12.4. The van der Waals surface area contributed by atoms with E-state index < -0.39 is 10.6 Å². The lowest BCUT2D eigenvalue weighted by atomic mass is 10.4. The van der Waals surface area contributed by atoms with E-state index in [1.165, 1.54) is 0 Å². The Labute approximate surface area is 90.6 Å². The maximum atomic E-state index is 10.1. The maximum absolute atomic E-state index is 10.1. The van der Waals surface area contributed by atoms with Crippen molar-refractivity contribution in [2.75, 3.05) is 0 Å². The molecule has 3 heteroatoms. The summed E-state index contributed by atoms with van der Waals surface area (Å²) < 4.78 is 20.2. The molecule has 0 aliphatic carbocycles. The molecule has 0 aliphatic rings. The lowest BCUT2D eigenvalue weighted by Gasteiger charge is -2.32. The molecule has 0 spiro atoms. The Morgan fingerprint density at radius 2 is 0.933 bits per heavy atom. The zero-order chi connectivity index (χ0) is 10.7. The molecule has 0 aromatic heterocycles. The van der Waals surface area contributed by atoms with Gasteiger partial charge in [0.15, 0.2) is 0 Å². The second-order valence-corrected chi connectivity index (χ2v) is 5.22. The van der Waals surface area contributed by atoms with Crippen LogP contribution in [-0.4, -0.2) is 9.11 Å². The molecule has 0 saturated carbocycles. The average molecular weight is 220 g/mol. The third kappa shape index (κ3) is 2.04. The van der Waals surface area contributed by atoms with Crippen molar-refractivity contribution in [3.05, 3.63) is 60.7 Å². The fourth-order valence-corrected chi connectivity index (χ4v) is 2.70. The molecular weight excluding hydrogens is 208 g/mol. The Balaban J connectivity index is 2.44. The van der Waals surface area contributed by atoms with Gasteiger partial charge in [-0.3, -0.25) is 9.11 Å². The number of hydrogen-bond donors (Lipinski definition) is 2. The fraction of sp³-hybridized carbons (Fsp3) is 0. The van der Waals surface area contributed by atoms with Gasteiger partial charge in [-0.15, -0.1) is 10.6 Å². The van der Waals surface area contributed by atoms with Gasteiger partial charge in [-0.1, -0.05) is 36.4 Å². The monoisotopic (exact) mass is 220 g/mol. The quantitative estimate of drug-likeness (QED) is 0.806. The summed E-state index contributed by atoms with van der Waals surface area (Å²) in [5.41, 5.74) is 0. The highest BCUT2D eigenvalue weighted by Gasteiger charge is 2.17. The van der Waals surface area contributed by atoms with Gasteiger partial charge in [-0.05, 0) is 24.3 Å². The van der Waals surface area contributed by atoms with Crippen LogP contribution in [0, 0.1) is 0 Å². The molecule has 2 nitrogen and oxygen atoms in total. The van der Waals surface area contributed by atoms with Gasteiger partial charge in [0.1, 0.15) is 0 Å².